The molecule has 0 radical (unpaired) electrons. The maximum atomic E-state index is 12.8. The van der Waals surface area contributed by atoms with Crippen molar-refractivity contribution < 1.29 is 28.8 Å². The smallest absolute Gasteiger partial charge is 0.338 e. The number of aryl methyl sites for hydroxylation is 1. The molecule has 6 nitrogen and oxygen atoms in total. The molecule has 1 N–H and O–H groups in total. The van der Waals surface area contributed by atoms with Gasteiger partial charge in [0.15, 0.2) is 18.2 Å². The van der Waals surface area contributed by atoms with Gasteiger partial charge in [-0.1, -0.05) is 41.9 Å². The summed E-state index contributed by atoms with van der Waals surface area (Å²) < 4.78 is 23.6. The van der Waals surface area contributed by atoms with Crippen molar-refractivity contribution in [2.45, 2.75) is 63.7 Å². The zero-order valence-corrected chi connectivity index (χ0v) is 18.1. The van der Waals surface area contributed by atoms with Crippen LogP contribution in [-0.4, -0.2) is 41.0 Å². The summed E-state index contributed by atoms with van der Waals surface area (Å²) in [5.41, 5.74) is 0.418. The molecule has 2 fully saturated rings. The molecule has 2 aliphatic heterocycles. The zero-order valence-electron chi connectivity index (χ0n) is 17.3. The maximum Gasteiger partial charge on any atom is 0.338 e. The molecule has 2 aromatic rings. The van der Waals surface area contributed by atoms with Crippen LogP contribution in [0, 0.1) is 6.92 Å². The predicted molar refractivity (Wildman–Crippen MR) is 110 cm³/mol. The summed E-state index contributed by atoms with van der Waals surface area (Å²) >= 11 is 6.33. The fraction of sp³-hybridized carbons (Fsp3) is 0.435. The van der Waals surface area contributed by atoms with Crippen LogP contribution in [0.15, 0.2) is 48.5 Å². The Bertz CT molecular complexity index is 942. The van der Waals surface area contributed by atoms with Gasteiger partial charge in [0.2, 0.25) is 0 Å². The molecule has 2 heterocycles. The van der Waals surface area contributed by atoms with E-state index >= 15 is 0 Å². The normalized spacial score (nSPS) is 30.7. The average Bonchev–Trinajstić information content (AvgIpc) is 3.13. The molecule has 2 aromatic carbocycles. The number of fused-ring (bicyclic) bond motifs is 1. The van der Waals surface area contributed by atoms with E-state index in [1.54, 1.807) is 51.1 Å². The number of hydrogen-bond donors (Lipinski definition) is 1. The lowest BCUT2D eigenvalue weighted by atomic mass is 9.88. The van der Waals surface area contributed by atoms with Gasteiger partial charge in [-0.3, -0.25) is 0 Å². The summed E-state index contributed by atoms with van der Waals surface area (Å²) in [5.74, 6) is -1.41. The molecule has 0 aromatic heterocycles. The van der Waals surface area contributed by atoms with Gasteiger partial charge < -0.3 is 24.1 Å². The Morgan fingerprint density at radius 2 is 1.83 bits per heavy atom. The van der Waals surface area contributed by atoms with Crippen LogP contribution in [0.4, 0.5) is 0 Å². The largest absolute Gasteiger partial charge is 0.451 e. The van der Waals surface area contributed by atoms with Crippen molar-refractivity contribution in [1.82, 2.24) is 0 Å². The van der Waals surface area contributed by atoms with Gasteiger partial charge in [0.1, 0.15) is 17.8 Å². The third kappa shape index (κ3) is 3.86. The van der Waals surface area contributed by atoms with Gasteiger partial charge in [-0.05, 0) is 57.0 Å². The van der Waals surface area contributed by atoms with E-state index < -0.39 is 42.0 Å². The van der Waals surface area contributed by atoms with Crippen LogP contribution in [0.3, 0.4) is 0 Å². The quantitative estimate of drug-likeness (QED) is 0.731. The fourth-order valence-electron chi connectivity index (χ4n) is 3.89. The van der Waals surface area contributed by atoms with Gasteiger partial charge in [0.05, 0.1) is 5.56 Å². The molecule has 5 atom stereocenters. The summed E-state index contributed by atoms with van der Waals surface area (Å²) in [5, 5.41) is 11.9. The van der Waals surface area contributed by atoms with Crippen molar-refractivity contribution in [2.24, 2.45) is 0 Å². The first-order valence-electron chi connectivity index (χ1n) is 9.84. The minimum Gasteiger partial charge on any atom is -0.451 e. The van der Waals surface area contributed by atoms with E-state index in [1.807, 2.05) is 25.1 Å². The summed E-state index contributed by atoms with van der Waals surface area (Å²) in [4.78, 5) is 12.8. The molecule has 2 saturated heterocycles. The Morgan fingerprint density at radius 1 is 1.13 bits per heavy atom. The molecule has 7 heteroatoms. The van der Waals surface area contributed by atoms with E-state index in [9.17, 15) is 9.90 Å². The van der Waals surface area contributed by atoms with Crippen molar-refractivity contribution >= 4 is 17.6 Å². The molecule has 4 rings (SSSR count). The molecule has 0 saturated carbocycles. The van der Waals surface area contributed by atoms with E-state index in [4.69, 9.17) is 30.5 Å². The molecule has 160 valence electrons. The number of carbonyl (C=O) groups excluding carboxylic acids is 1. The van der Waals surface area contributed by atoms with E-state index in [-0.39, 0.29) is 0 Å². The van der Waals surface area contributed by atoms with E-state index in [1.165, 1.54) is 0 Å². The van der Waals surface area contributed by atoms with Crippen molar-refractivity contribution in [1.29, 1.82) is 0 Å². The molecule has 30 heavy (non-hydrogen) atoms. The van der Waals surface area contributed by atoms with Gasteiger partial charge >= 0.3 is 5.97 Å². The second-order valence-electron chi connectivity index (χ2n) is 8.41. The molecular formula is C23H25ClO6. The van der Waals surface area contributed by atoms with Crippen molar-refractivity contribution in [2.75, 3.05) is 0 Å². The number of rotatable bonds is 4. The third-order valence-electron chi connectivity index (χ3n) is 5.53. The molecule has 0 aliphatic carbocycles. The summed E-state index contributed by atoms with van der Waals surface area (Å²) in [6, 6.07) is 14.0. The van der Waals surface area contributed by atoms with Crippen LogP contribution in [0.2, 0.25) is 5.02 Å². The summed E-state index contributed by atoms with van der Waals surface area (Å²) in [7, 11) is 0. The van der Waals surface area contributed by atoms with Crippen LogP contribution < -0.4 is 0 Å². The zero-order chi connectivity index (χ0) is 21.7. The lowest BCUT2D eigenvalue weighted by Crippen LogP contribution is -2.49. The lowest BCUT2D eigenvalue weighted by Gasteiger charge is -2.34. The highest BCUT2D eigenvalue weighted by Gasteiger charge is 2.63. The Labute approximate surface area is 180 Å². The number of halogens is 1. The Balaban J connectivity index is 1.69. The molecule has 0 spiro atoms. The van der Waals surface area contributed by atoms with Gasteiger partial charge in [0.25, 0.3) is 0 Å². The molecule has 0 bridgehead atoms. The fourth-order valence-corrected chi connectivity index (χ4v) is 4.08. The highest BCUT2D eigenvalue weighted by molar-refractivity contribution is 6.31. The SMILES string of the molecule is Cc1ccc([C@@H](OC(=O)c2ccccc2)[C@H]2O[C@@H]3OC(C)(C)O[C@@H]3[C@]2(C)O)cc1Cl. The van der Waals surface area contributed by atoms with Crippen molar-refractivity contribution in [3.8, 4) is 0 Å². The molecule has 0 unspecified atom stereocenters. The van der Waals surface area contributed by atoms with Crippen LogP contribution in [0.5, 0.6) is 0 Å². The molecular weight excluding hydrogens is 408 g/mol. The highest BCUT2D eigenvalue weighted by atomic mass is 35.5. The Kier molecular flexibility index (Phi) is 5.41. The van der Waals surface area contributed by atoms with Gasteiger partial charge in [-0.25, -0.2) is 4.79 Å². The predicted octanol–water partition coefficient (Wildman–Crippen LogP) is 4.17. The Hall–Kier alpha value is -1.96. The number of ether oxygens (including phenoxy) is 4. The minimum absolute atomic E-state index is 0.396. The number of benzene rings is 2. The monoisotopic (exact) mass is 432 g/mol. The highest BCUT2D eigenvalue weighted by Crippen LogP contribution is 2.47. The van der Waals surface area contributed by atoms with Gasteiger partial charge in [0, 0.05) is 5.02 Å². The topological polar surface area (TPSA) is 74.2 Å². The summed E-state index contributed by atoms with van der Waals surface area (Å²) in [6.07, 6.45) is -3.35. The first-order chi connectivity index (χ1) is 14.1. The van der Waals surface area contributed by atoms with Gasteiger partial charge in [-0.15, -0.1) is 0 Å². The standard InChI is InChI=1S/C23H25ClO6/c1-13-10-11-15(12-16(13)24)17(27-20(25)14-8-6-5-7-9-14)18-23(4,26)19-21(28-18)30-22(2,3)29-19/h5-12,17-19,21,26H,1-4H3/t17-,18-,19+,21-,23-/m1/s1. The number of esters is 1. The molecule has 0 amide bonds. The van der Waals surface area contributed by atoms with Crippen molar-refractivity contribution in [3.63, 3.8) is 0 Å². The first kappa shape index (κ1) is 21.3. The van der Waals surface area contributed by atoms with E-state index in [2.05, 4.69) is 0 Å². The van der Waals surface area contributed by atoms with Crippen molar-refractivity contribution in [3.05, 3.63) is 70.2 Å². The molecule has 2 aliphatic rings. The van der Waals surface area contributed by atoms with E-state index in [0.717, 1.165) is 5.56 Å². The average molecular weight is 433 g/mol. The van der Waals surface area contributed by atoms with Crippen LogP contribution in [0.25, 0.3) is 0 Å². The van der Waals surface area contributed by atoms with Crippen LogP contribution in [0.1, 0.15) is 48.4 Å². The second-order valence-corrected chi connectivity index (χ2v) is 8.81. The summed E-state index contributed by atoms with van der Waals surface area (Å²) in [6.45, 7) is 7.00. The van der Waals surface area contributed by atoms with Crippen LogP contribution >= 0.6 is 11.6 Å². The minimum atomic E-state index is -1.47. The number of aliphatic hydroxyl groups is 1. The number of carbonyl (C=O) groups is 1. The number of hydrogen-bond acceptors (Lipinski definition) is 6. The van der Waals surface area contributed by atoms with Crippen LogP contribution in [-0.2, 0) is 18.9 Å². The van der Waals surface area contributed by atoms with Gasteiger partial charge in [-0.2, -0.15) is 0 Å². The van der Waals surface area contributed by atoms with E-state index in [0.29, 0.717) is 16.1 Å². The first-order valence-corrected chi connectivity index (χ1v) is 10.2. The second kappa shape index (κ2) is 7.62. The maximum absolute atomic E-state index is 12.8. The third-order valence-corrected chi connectivity index (χ3v) is 5.94. The Morgan fingerprint density at radius 3 is 2.47 bits per heavy atom. The lowest BCUT2D eigenvalue weighted by molar-refractivity contribution is -0.240.